The molecule has 0 atom stereocenters. The van der Waals surface area contributed by atoms with Gasteiger partial charge in [0.25, 0.3) is 17.7 Å². The molecule has 14 heteroatoms. The number of rotatable bonds is 16. The molecule has 0 fully saturated rings. The fraction of sp³-hybridized carbons (Fsp3) is 0.435. The van der Waals surface area contributed by atoms with Crippen LogP contribution in [0, 0.1) is 0 Å². The highest BCUT2D eigenvalue weighted by Gasteiger charge is 2.33. The number of nitrogens with one attached hydrogen (secondary N) is 1. The van der Waals surface area contributed by atoms with Crippen molar-refractivity contribution in [2.45, 2.75) is 19.3 Å². The Morgan fingerprint density at radius 1 is 0.946 bits per heavy atom. The largest absolute Gasteiger partial charge is 0.378 e. The van der Waals surface area contributed by atoms with Crippen LogP contribution in [0.3, 0.4) is 0 Å². The molecule has 0 aliphatic carbocycles. The number of para-hydroxylation sites is 1. The van der Waals surface area contributed by atoms with Gasteiger partial charge in [0.2, 0.25) is 0 Å². The second-order valence-corrected chi connectivity index (χ2v) is 7.61. The van der Waals surface area contributed by atoms with Gasteiger partial charge in [-0.05, 0) is 12.1 Å². The molecule has 3 rings (SSSR count). The van der Waals surface area contributed by atoms with Crippen molar-refractivity contribution < 1.29 is 43.0 Å². The van der Waals surface area contributed by atoms with E-state index in [0.717, 1.165) is 4.90 Å². The first-order valence-electron chi connectivity index (χ1n) is 11.5. The average Bonchev–Trinajstić information content (AvgIpc) is 3.45. The molecular formula is C23H27N5O9. The molecule has 2 aromatic rings. The average molecular weight is 517 g/mol. The Kier molecular flexibility index (Phi) is 10.8. The Morgan fingerprint density at radius 2 is 1.65 bits per heavy atom. The fourth-order valence-electron chi connectivity index (χ4n) is 3.16. The zero-order chi connectivity index (χ0) is 26.5. The highest BCUT2D eigenvalue weighted by molar-refractivity contribution is 6.30. The summed E-state index contributed by atoms with van der Waals surface area (Å²) >= 11 is 0. The van der Waals surface area contributed by atoms with E-state index < -0.39 is 23.7 Å². The number of carbonyl (C=O) groups is 5. The van der Waals surface area contributed by atoms with Gasteiger partial charge in [0.1, 0.15) is 17.5 Å². The van der Waals surface area contributed by atoms with Gasteiger partial charge in [0.15, 0.2) is 0 Å². The summed E-state index contributed by atoms with van der Waals surface area (Å²) < 4.78 is 17.4. The lowest BCUT2D eigenvalue weighted by molar-refractivity contribution is -0.159. The Morgan fingerprint density at radius 3 is 2.41 bits per heavy atom. The standard InChI is InChI=1S/C23H27N5O9/c29-9-3-6-20(30)25-37-22(32)7-10-34-12-14-36-15-13-35-11-8-27-21(31)16-19(23(27)33)28-18-5-2-1-4-17(18)24-26-28/h1-2,4-5,9,16H,3,6-8,10-15H2,(H,25,30). The molecule has 3 amide bonds. The molecule has 37 heavy (non-hydrogen) atoms. The van der Waals surface area contributed by atoms with Crippen molar-refractivity contribution in [3.8, 4) is 0 Å². The van der Waals surface area contributed by atoms with Crippen LogP contribution >= 0.6 is 0 Å². The summed E-state index contributed by atoms with van der Waals surface area (Å²) in [6.07, 6.45) is 1.77. The maximum absolute atomic E-state index is 12.7. The van der Waals surface area contributed by atoms with Crippen molar-refractivity contribution in [3.63, 3.8) is 0 Å². The normalized spacial score (nSPS) is 13.2. The molecule has 1 aromatic carbocycles. The Bertz CT molecular complexity index is 1150. The number of hydrogen-bond donors (Lipinski definition) is 1. The molecule has 1 aliphatic heterocycles. The molecule has 0 saturated heterocycles. The van der Waals surface area contributed by atoms with E-state index in [1.165, 1.54) is 10.8 Å². The first-order chi connectivity index (χ1) is 18.0. The summed E-state index contributed by atoms with van der Waals surface area (Å²) in [6, 6.07) is 7.13. The number of hydroxylamine groups is 1. The summed E-state index contributed by atoms with van der Waals surface area (Å²) in [5.41, 5.74) is 3.33. The lowest BCUT2D eigenvalue weighted by Gasteiger charge is -2.14. The molecule has 0 bridgehead atoms. The van der Waals surface area contributed by atoms with E-state index in [9.17, 15) is 24.0 Å². The van der Waals surface area contributed by atoms with Gasteiger partial charge >= 0.3 is 5.97 Å². The number of aldehydes is 1. The van der Waals surface area contributed by atoms with E-state index in [-0.39, 0.29) is 71.1 Å². The number of hydrogen-bond acceptors (Lipinski definition) is 11. The Labute approximate surface area is 211 Å². The molecule has 1 N–H and O–H groups in total. The third-order valence-corrected chi connectivity index (χ3v) is 4.99. The number of imide groups is 1. The number of ether oxygens (including phenoxy) is 3. The first-order valence-corrected chi connectivity index (χ1v) is 11.5. The zero-order valence-electron chi connectivity index (χ0n) is 20.0. The molecule has 2 heterocycles. The van der Waals surface area contributed by atoms with Crippen LogP contribution in [0.5, 0.6) is 0 Å². The molecule has 0 radical (unpaired) electrons. The minimum absolute atomic E-state index is 0.0519. The van der Waals surface area contributed by atoms with Crippen molar-refractivity contribution in [2.24, 2.45) is 0 Å². The third kappa shape index (κ3) is 8.27. The number of amides is 3. The molecule has 1 aliphatic rings. The maximum atomic E-state index is 12.7. The van der Waals surface area contributed by atoms with E-state index in [1.807, 2.05) is 11.5 Å². The van der Waals surface area contributed by atoms with Crippen molar-refractivity contribution >= 4 is 46.7 Å². The van der Waals surface area contributed by atoms with Crippen LogP contribution < -0.4 is 5.48 Å². The van der Waals surface area contributed by atoms with E-state index in [1.54, 1.807) is 18.2 Å². The summed E-state index contributed by atoms with van der Waals surface area (Å²) in [6.45, 7) is 1.34. The molecule has 1 aromatic heterocycles. The molecule has 0 saturated carbocycles. The van der Waals surface area contributed by atoms with Crippen LogP contribution in [0.2, 0.25) is 0 Å². The number of fused-ring (bicyclic) bond motifs is 1. The molecule has 0 unspecified atom stereocenters. The second kappa shape index (κ2) is 14.5. The summed E-state index contributed by atoms with van der Waals surface area (Å²) in [4.78, 5) is 63.4. The van der Waals surface area contributed by atoms with E-state index in [2.05, 4.69) is 15.1 Å². The number of benzene rings is 1. The SMILES string of the molecule is O=CCCC(=O)NOC(=O)CCOCCOCCOCCN1C(=O)C=C(n2nnc3ccccc32)C1=O. The third-order valence-electron chi connectivity index (χ3n) is 4.99. The monoisotopic (exact) mass is 517 g/mol. The number of carbonyl (C=O) groups excluding carboxylic acids is 5. The predicted octanol–water partition coefficient (Wildman–Crippen LogP) is -0.366. The van der Waals surface area contributed by atoms with Gasteiger partial charge in [-0.2, -0.15) is 5.48 Å². The topological polar surface area (TPSA) is 168 Å². The van der Waals surface area contributed by atoms with E-state index in [4.69, 9.17) is 14.2 Å². The number of nitrogens with zero attached hydrogens (tertiary/aromatic N) is 4. The second-order valence-electron chi connectivity index (χ2n) is 7.61. The van der Waals surface area contributed by atoms with Gasteiger partial charge in [-0.15, -0.1) is 5.10 Å². The minimum atomic E-state index is -0.666. The first kappa shape index (κ1) is 27.6. The van der Waals surface area contributed by atoms with E-state index in [0.29, 0.717) is 17.3 Å². The van der Waals surface area contributed by atoms with Gasteiger partial charge in [-0.1, -0.05) is 17.3 Å². The number of aromatic nitrogens is 3. The van der Waals surface area contributed by atoms with Gasteiger partial charge in [0.05, 0.1) is 58.1 Å². The Hall–Kier alpha value is -4.01. The van der Waals surface area contributed by atoms with Crippen LogP contribution in [-0.4, -0.2) is 96.1 Å². The summed E-state index contributed by atoms with van der Waals surface area (Å²) in [5.74, 6) is -2.14. The van der Waals surface area contributed by atoms with Crippen LogP contribution in [0.25, 0.3) is 16.7 Å². The van der Waals surface area contributed by atoms with Gasteiger partial charge in [-0.3, -0.25) is 19.3 Å². The van der Waals surface area contributed by atoms with Crippen LogP contribution in [0.4, 0.5) is 0 Å². The van der Waals surface area contributed by atoms with Crippen molar-refractivity contribution in [3.05, 3.63) is 30.3 Å². The lowest BCUT2D eigenvalue weighted by atomic mass is 10.3. The minimum Gasteiger partial charge on any atom is -0.378 e. The summed E-state index contributed by atoms with van der Waals surface area (Å²) in [7, 11) is 0. The highest BCUT2D eigenvalue weighted by Crippen LogP contribution is 2.21. The molecule has 198 valence electrons. The van der Waals surface area contributed by atoms with Crippen molar-refractivity contribution in [2.75, 3.05) is 46.2 Å². The lowest BCUT2D eigenvalue weighted by Crippen LogP contribution is -2.34. The fourth-order valence-corrected chi connectivity index (χ4v) is 3.16. The maximum Gasteiger partial charge on any atom is 0.334 e. The quantitative estimate of drug-likeness (QED) is 0.133. The highest BCUT2D eigenvalue weighted by atomic mass is 16.7. The van der Waals surface area contributed by atoms with Crippen LogP contribution in [-0.2, 0) is 43.0 Å². The molecule has 14 nitrogen and oxygen atoms in total. The van der Waals surface area contributed by atoms with Crippen molar-refractivity contribution in [1.82, 2.24) is 25.4 Å². The summed E-state index contributed by atoms with van der Waals surface area (Å²) in [5, 5.41) is 7.98. The Balaban J connectivity index is 1.20. The smallest absolute Gasteiger partial charge is 0.334 e. The van der Waals surface area contributed by atoms with E-state index >= 15 is 0 Å². The predicted molar refractivity (Wildman–Crippen MR) is 125 cm³/mol. The zero-order valence-corrected chi connectivity index (χ0v) is 20.0. The van der Waals surface area contributed by atoms with Gasteiger partial charge in [0, 0.05) is 18.9 Å². The molecule has 0 spiro atoms. The van der Waals surface area contributed by atoms with Crippen molar-refractivity contribution in [1.29, 1.82) is 0 Å². The van der Waals surface area contributed by atoms with Gasteiger partial charge in [-0.25, -0.2) is 9.48 Å². The molecular weight excluding hydrogens is 490 g/mol. The van der Waals surface area contributed by atoms with Gasteiger partial charge < -0.3 is 23.8 Å². The van der Waals surface area contributed by atoms with Crippen LogP contribution in [0.1, 0.15) is 19.3 Å². The van der Waals surface area contributed by atoms with Crippen LogP contribution in [0.15, 0.2) is 30.3 Å².